The van der Waals surface area contributed by atoms with Gasteiger partial charge in [-0.2, -0.15) is 0 Å². The maximum Gasteiger partial charge on any atom is 0.411 e. The number of hydrogen-bond donors (Lipinski definition) is 3. The highest BCUT2D eigenvalue weighted by atomic mass is 16.4. The Morgan fingerprint density at radius 1 is 0.868 bits per heavy atom. The van der Waals surface area contributed by atoms with Gasteiger partial charge in [0.05, 0.1) is 0 Å². The molecule has 0 unspecified atom stereocenters. The zero-order valence-electron chi connectivity index (χ0n) is 21.2. The zero-order valence-corrected chi connectivity index (χ0v) is 21.2. The Hall–Kier alpha value is -4.13. The molecule has 2 aliphatic carbocycles. The molecule has 1 atom stereocenters. The number of amides is 3. The van der Waals surface area contributed by atoms with Crippen LogP contribution in [0, 0.1) is 0 Å². The van der Waals surface area contributed by atoms with E-state index in [-0.39, 0.29) is 17.7 Å². The van der Waals surface area contributed by atoms with Crippen LogP contribution >= 0.6 is 0 Å². The minimum atomic E-state index is -1.02. The van der Waals surface area contributed by atoms with Crippen molar-refractivity contribution in [3.63, 3.8) is 0 Å². The Balaban J connectivity index is 1.18. The summed E-state index contributed by atoms with van der Waals surface area (Å²) in [5.74, 6) is -0.305. The molecule has 1 spiro atoms. The number of anilines is 1. The molecule has 1 heterocycles. The third-order valence-electron chi connectivity index (χ3n) is 8.37. The van der Waals surface area contributed by atoms with Crippen LogP contribution in [0.4, 0.5) is 10.5 Å². The van der Waals surface area contributed by atoms with Crippen molar-refractivity contribution in [1.29, 1.82) is 0 Å². The molecule has 3 aromatic carbocycles. The molecule has 6 rings (SSSR count). The Morgan fingerprint density at radius 2 is 1.47 bits per heavy atom. The molecule has 38 heavy (non-hydrogen) atoms. The fourth-order valence-corrected chi connectivity index (χ4v) is 6.37. The van der Waals surface area contributed by atoms with Crippen LogP contribution in [-0.2, 0) is 16.0 Å². The molecule has 0 radical (unpaired) electrons. The number of nitrogens with one attached hydrogen (secondary N) is 2. The quantitative estimate of drug-likeness (QED) is 0.458. The Morgan fingerprint density at radius 3 is 2.08 bits per heavy atom. The number of nitrogens with zero attached hydrogens (tertiary/aromatic N) is 1. The first-order valence-corrected chi connectivity index (χ1v) is 13.4. The summed E-state index contributed by atoms with van der Waals surface area (Å²) in [4.78, 5) is 39.5. The van der Waals surface area contributed by atoms with E-state index in [1.54, 1.807) is 12.1 Å². The van der Waals surface area contributed by atoms with Crippen LogP contribution in [0.25, 0.3) is 11.1 Å². The third-order valence-corrected chi connectivity index (χ3v) is 8.37. The summed E-state index contributed by atoms with van der Waals surface area (Å²) < 4.78 is 0. The van der Waals surface area contributed by atoms with Crippen molar-refractivity contribution >= 4 is 23.6 Å². The minimum absolute atomic E-state index is 0.0635. The number of piperazine rings is 1. The Labute approximate surface area is 221 Å². The lowest BCUT2D eigenvalue weighted by atomic mass is 9.79. The van der Waals surface area contributed by atoms with Crippen LogP contribution in [0.15, 0.2) is 72.8 Å². The number of rotatable bonds is 5. The SMILES string of the molecule is O=C1NC2(CCCCC2)C(=O)N[C@H]1Cc1ccc(N(CC2c3ccccc3-c3ccccc32)C(=O)O)cc1. The average Bonchev–Trinajstić information content (AvgIpc) is 3.25. The first kappa shape index (κ1) is 24.2. The number of carbonyl (C=O) groups is 3. The first-order valence-electron chi connectivity index (χ1n) is 13.4. The maximum atomic E-state index is 12.9. The van der Waals surface area contributed by atoms with E-state index in [0.717, 1.165) is 47.1 Å². The smallest absolute Gasteiger partial charge is 0.411 e. The molecule has 3 amide bonds. The van der Waals surface area contributed by atoms with E-state index in [1.165, 1.54) is 4.90 Å². The molecule has 7 nitrogen and oxygen atoms in total. The van der Waals surface area contributed by atoms with Gasteiger partial charge in [0.1, 0.15) is 11.6 Å². The second-order valence-electron chi connectivity index (χ2n) is 10.6. The molecule has 3 aliphatic rings. The summed E-state index contributed by atoms with van der Waals surface area (Å²) in [6, 6.07) is 22.9. The molecule has 1 saturated carbocycles. The van der Waals surface area contributed by atoms with E-state index in [9.17, 15) is 19.5 Å². The molecule has 1 aliphatic heterocycles. The largest absolute Gasteiger partial charge is 0.465 e. The molecule has 2 fully saturated rings. The van der Waals surface area contributed by atoms with Gasteiger partial charge in [0.25, 0.3) is 0 Å². The van der Waals surface area contributed by atoms with Gasteiger partial charge in [0, 0.05) is 24.6 Å². The molecule has 1 saturated heterocycles. The fraction of sp³-hybridized carbons (Fsp3) is 0.323. The van der Waals surface area contributed by atoms with Crippen LogP contribution in [-0.4, -0.2) is 41.1 Å². The van der Waals surface area contributed by atoms with Crippen LogP contribution in [0.5, 0.6) is 0 Å². The van der Waals surface area contributed by atoms with Crippen molar-refractivity contribution in [2.45, 2.75) is 56.0 Å². The summed E-state index contributed by atoms with van der Waals surface area (Å²) in [6.45, 7) is 0.297. The summed E-state index contributed by atoms with van der Waals surface area (Å²) in [7, 11) is 0. The molecule has 3 aromatic rings. The van der Waals surface area contributed by atoms with Crippen molar-refractivity contribution < 1.29 is 19.5 Å². The Bertz CT molecular complexity index is 1350. The maximum absolute atomic E-state index is 12.9. The van der Waals surface area contributed by atoms with E-state index in [1.807, 2.05) is 36.4 Å². The molecule has 7 heteroatoms. The van der Waals surface area contributed by atoms with Gasteiger partial charge in [-0.15, -0.1) is 0 Å². The van der Waals surface area contributed by atoms with Gasteiger partial charge in [-0.25, -0.2) is 4.79 Å². The van der Waals surface area contributed by atoms with E-state index in [0.29, 0.717) is 31.5 Å². The number of hydrogen-bond acceptors (Lipinski definition) is 3. The summed E-state index contributed by atoms with van der Waals surface area (Å²) in [5.41, 5.74) is 5.23. The zero-order chi connectivity index (χ0) is 26.3. The molecule has 194 valence electrons. The third kappa shape index (κ3) is 4.22. The normalized spacial score (nSPS) is 19.8. The molecular weight excluding hydrogens is 478 g/mol. The van der Waals surface area contributed by atoms with Crippen LogP contribution in [0.1, 0.15) is 54.7 Å². The molecule has 3 N–H and O–H groups in total. The van der Waals surface area contributed by atoms with Gasteiger partial charge >= 0.3 is 6.09 Å². The van der Waals surface area contributed by atoms with Crippen molar-refractivity contribution in [3.8, 4) is 11.1 Å². The predicted octanol–water partition coefficient (Wildman–Crippen LogP) is 4.84. The number of carbonyl (C=O) groups excluding carboxylic acids is 2. The highest BCUT2D eigenvalue weighted by Gasteiger charge is 2.46. The molecule has 0 aromatic heterocycles. The van der Waals surface area contributed by atoms with Gasteiger partial charge in [-0.1, -0.05) is 79.9 Å². The predicted molar refractivity (Wildman–Crippen MR) is 145 cm³/mol. The van der Waals surface area contributed by atoms with Crippen LogP contribution in [0.2, 0.25) is 0 Å². The van der Waals surface area contributed by atoms with Crippen molar-refractivity contribution in [1.82, 2.24) is 10.6 Å². The average molecular weight is 510 g/mol. The topological polar surface area (TPSA) is 98.7 Å². The highest BCUT2D eigenvalue weighted by Crippen LogP contribution is 2.45. The lowest BCUT2D eigenvalue weighted by Gasteiger charge is -2.42. The highest BCUT2D eigenvalue weighted by molar-refractivity contribution is 6.00. The van der Waals surface area contributed by atoms with Gasteiger partial charge in [-0.05, 0) is 52.8 Å². The standard InChI is InChI=1S/C31H31N3O4/c35-28-27(32-29(36)31(33-28)16-6-1-7-17-31)18-20-12-14-21(15-13-20)34(30(37)38)19-26-24-10-4-2-8-22(24)23-9-3-5-11-25(23)26/h2-5,8-15,26-27H,1,6-7,16-19H2,(H,32,36)(H,33,35)(H,37,38)/t27-/m0/s1. The van der Waals surface area contributed by atoms with Crippen molar-refractivity contribution in [2.75, 3.05) is 11.4 Å². The van der Waals surface area contributed by atoms with Gasteiger partial charge in [0.15, 0.2) is 0 Å². The first-order chi connectivity index (χ1) is 18.4. The van der Waals surface area contributed by atoms with Crippen molar-refractivity contribution in [2.24, 2.45) is 0 Å². The number of fused-ring (bicyclic) bond motifs is 3. The summed E-state index contributed by atoms with van der Waals surface area (Å²) in [6.07, 6.45) is 3.69. The lowest BCUT2D eigenvalue weighted by Crippen LogP contribution is -2.70. The van der Waals surface area contributed by atoms with Gasteiger partial charge in [-0.3, -0.25) is 14.5 Å². The number of carboxylic acid groups (broad SMARTS) is 1. The Kier molecular flexibility index (Phi) is 6.14. The summed E-state index contributed by atoms with van der Waals surface area (Å²) in [5, 5.41) is 16.1. The van der Waals surface area contributed by atoms with Gasteiger partial charge in [0.2, 0.25) is 11.8 Å². The van der Waals surface area contributed by atoms with Crippen LogP contribution < -0.4 is 15.5 Å². The summed E-state index contributed by atoms with van der Waals surface area (Å²) >= 11 is 0. The monoisotopic (exact) mass is 509 g/mol. The van der Waals surface area contributed by atoms with Crippen LogP contribution in [0.3, 0.4) is 0 Å². The fourth-order valence-electron chi connectivity index (χ4n) is 6.37. The molecular formula is C31H31N3O4. The minimum Gasteiger partial charge on any atom is -0.465 e. The van der Waals surface area contributed by atoms with E-state index >= 15 is 0 Å². The van der Waals surface area contributed by atoms with Crippen molar-refractivity contribution in [3.05, 3.63) is 89.5 Å². The second-order valence-corrected chi connectivity index (χ2v) is 10.6. The number of benzene rings is 3. The van der Waals surface area contributed by atoms with E-state index < -0.39 is 17.7 Å². The second kappa shape index (κ2) is 9.63. The lowest BCUT2D eigenvalue weighted by molar-refractivity contribution is -0.143. The van der Waals surface area contributed by atoms with E-state index in [2.05, 4.69) is 34.9 Å². The molecule has 0 bridgehead atoms. The van der Waals surface area contributed by atoms with E-state index in [4.69, 9.17) is 0 Å². The van der Waals surface area contributed by atoms with Gasteiger partial charge < -0.3 is 15.7 Å².